The van der Waals surface area contributed by atoms with Crippen LogP contribution >= 0.6 is 11.3 Å². The fourth-order valence-electron chi connectivity index (χ4n) is 3.48. The van der Waals surface area contributed by atoms with Gasteiger partial charge in [-0.2, -0.15) is 4.31 Å². The van der Waals surface area contributed by atoms with E-state index in [9.17, 15) is 17.6 Å². The maximum absolute atomic E-state index is 13.9. The third-order valence-electron chi connectivity index (χ3n) is 5.36. The Hall–Kier alpha value is -2.66. The molecule has 32 heavy (non-hydrogen) atoms. The van der Waals surface area contributed by atoms with E-state index in [1.165, 1.54) is 28.7 Å². The fraction of sp³-hybridized carbons (Fsp3) is 0.273. The van der Waals surface area contributed by atoms with Crippen LogP contribution in [0.3, 0.4) is 0 Å². The fourth-order valence-corrected chi connectivity index (χ4v) is 5.74. The van der Waals surface area contributed by atoms with Crippen molar-refractivity contribution in [1.29, 1.82) is 0 Å². The van der Waals surface area contributed by atoms with Crippen molar-refractivity contribution in [1.82, 2.24) is 14.2 Å². The van der Waals surface area contributed by atoms with Crippen molar-refractivity contribution in [3.05, 3.63) is 65.4 Å². The third-order valence-corrected chi connectivity index (χ3v) is 8.30. The Balaban J connectivity index is 1.43. The zero-order valence-corrected chi connectivity index (χ0v) is 19.1. The highest BCUT2D eigenvalue weighted by Crippen LogP contribution is 2.28. The van der Waals surface area contributed by atoms with Gasteiger partial charge in [0.15, 0.2) is 0 Å². The molecular weight excluding hydrogens is 451 g/mol. The van der Waals surface area contributed by atoms with Crippen LogP contribution < -0.4 is 5.32 Å². The summed E-state index contributed by atoms with van der Waals surface area (Å²) in [5, 5.41) is 3.15. The van der Waals surface area contributed by atoms with E-state index in [-0.39, 0.29) is 4.90 Å². The minimum Gasteiger partial charge on any atom is -0.321 e. The zero-order valence-electron chi connectivity index (χ0n) is 17.5. The number of likely N-dealkylation sites (N-methyl/N-ethyl adjacent to an activating group) is 1. The first-order chi connectivity index (χ1) is 15.4. The Labute approximate surface area is 190 Å². The third kappa shape index (κ3) is 4.73. The number of piperazine rings is 1. The quantitative estimate of drug-likeness (QED) is 0.591. The number of nitrogens with zero attached hydrogens (tertiary/aromatic N) is 3. The second-order valence-electron chi connectivity index (χ2n) is 7.33. The van der Waals surface area contributed by atoms with E-state index in [4.69, 9.17) is 0 Å². The van der Waals surface area contributed by atoms with Crippen molar-refractivity contribution in [3.8, 4) is 10.6 Å². The molecule has 3 aromatic rings. The summed E-state index contributed by atoms with van der Waals surface area (Å²) in [5.41, 5.74) is 0.802. The summed E-state index contributed by atoms with van der Waals surface area (Å²) in [7, 11) is -3.57. The SMILES string of the molecule is CCN1CCN(S(=O)(=O)c2ccc(NC(=O)c3cnc(-c4ccccc4F)s3)cc2)CC1. The van der Waals surface area contributed by atoms with E-state index in [0.29, 0.717) is 47.3 Å². The van der Waals surface area contributed by atoms with E-state index >= 15 is 0 Å². The van der Waals surface area contributed by atoms with Crippen molar-refractivity contribution in [2.24, 2.45) is 0 Å². The summed E-state index contributed by atoms with van der Waals surface area (Å²) in [5.74, 6) is -0.793. The average molecular weight is 475 g/mol. The molecule has 4 rings (SSSR count). The highest BCUT2D eigenvalue weighted by molar-refractivity contribution is 7.89. The van der Waals surface area contributed by atoms with Gasteiger partial charge in [-0.3, -0.25) is 4.79 Å². The topological polar surface area (TPSA) is 82.6 Å². The number of sulfonamides is 1. The lowest BCUT2D eigenvalue weighted by Crippen LogP contribution is -2.48. The van der Waals surface area contributed by atoms with Gasteiger partial charge in [0.2, 0.25) is 10.0 Å². The lowest BCUT2D eigenvalue weighted by molar-refractivity contribution is 0.103. The van der Waals surface area contributed by atoms with Crippen LogP contribution in [0.4, 0.5) is 10.1 Å². The second kappa shape index (κ2) is 9.45. The van der Waals surface area contributed by atoms with Gasteiger partial charge >= 0.3 is 0 Å². The average Bonchev–Trinajstić information content (AvgIpc) is 3.30. The van der Waals surface area contributed by atoms with Crippen LogP contribution in [-0.2, 0) is 10.0 Å². The number of benzene rings is 2. The van der Waals surface area contributed by atoms with Crippen molar-refractivity contribution < 1.29 is 17.6 Å². The number of aromatic nitrogens is 1. The molecule has 1 fully saturated rings. The number of nitrogens with one attached hydrogen (secondary N) is 1. The monoisotopic (exact) mass is 474 g/mol. The molecule has 0 aliphatic carbocycles. The Kier molecular flexibility index (Phi) is 6.66. The Morgan fingerprint density at radius 2 is 1.78 bits per heavy atom. The number of hydrogen-bond donors (Lipinski definition) is 1. The summed E-state index contributed by atoms with van der Waals surface area (Å²) < 4.78 is 41.2. The molecule has 0 radical (unpaired) electrons. The van der Waals surface area contributed by atoms with Crippen LogP contribution in [0.1, 0.15) is 16.6 Å². The highest BCUT2D eigenvalue weighted by Gasteiger charge is 2.28. The molecule has 0 atom stereocenters. The van der Waals surface area contributed by atoms with Gasteiger partial charge < -0.3 is 10.2 Å². The van der Waals surface area contributed by atoms with Crippen LogP contribution in [0.15, 0.2) is 59.6 Å². The summed E-state index contributed by atoms with van der Waals surface area (Å²) >= 11 is 1.09. The molecular formula is C22H23FN4O3S2. The predicted octanol–water partition coefficient (Wildman–Crippen LogP) is 3.53. The molecule has 2 aromatic carbocycles. The highest BCUT2D eigenvalue weighted by atomic mass is 32.2. The molecule has 1 N–H and O–H groups in total. The van der Waals surface area contributed by atoms with E-state index in [1.54, 1.807) is 30.3 Å². The van der Waals surface area contributed by atoms with Gasteiger partial charge in [-0.05, 0) is 42.9 Å². The van der Waals surface area contributed by atoms with Crippen LogP contribution in [0.2, 0.25) is 0 Å². The normalized spacial score (nSPS) is 15.6. The molecule has 0 bridgehead atoms. The largest absolute Gasteiger partial charge is 0.321 e. The summed E-state index contributed by atoms with van der Waals surface area (Å²) in [6, 6.07) is 12.4. The molecule has 1 saturated heterocycles. The van der Waals surface area contributed by atoms with Crippen LogP contribution in [0, 0.1) is 5.82 Å². The molecule has 7 nitrogen and oxygen atoms in total. The molecule has 1 aromatic heterocycles. The number of carbonyl (C=O) groups excluding carboxylic acids is 1. The molecule has 1 aliphatic heterocycles. The minimum atomic E-state index is -3.57. The van der Waals surface area contributed by atoms with Crippen molar-refractivity contribution in [3.63, 3.8) is 0 Å². The van der Waals surface area contributed by atoms with Gasteiger partial charge in [-0.25, -0.2) is 17.8 Å². The van der Waals surface area contributed by atoms with Crippen molar-refractivity contribution >= 4 is 33.0 Å². The lowest BCUT2D eigenvalue weighted by atomic mass is 10.2. The molecule has 0 saturated carbocycles. The lowest BCUT2D eigenvalue weighted by Gasteiger charge is -2.33. The molecule has 0 spiro atoms. The van der Waals surface area contributed by atoms with Gasteiger partial charge in [0.25, 0.3) is 5.91 Å². The Morgan fingerprint density at radius 3 is 2.44 bits per heavy atom. The Morgan fingerprint density at radius 1 is 1.09 bits per heavy atom. The molecule has 168 valence electrons. The molecule has 2 heterocycles. The number of anilines is 1. The number of rotatable bonds is 6. The van der Waals surface area contributed by atoms with E-state index < -0.39 is 21.7 Å². The van der Waals surface area contributed by atoms with Gasteiger partial charge in [-0.15, -0.1) is 11.3 Å². The second-order valence-corrected chi connectivity index (χ2v) is 10.3. The first kappa shape index (κ1) is 22.5. The molecule has 10 heteroatoms. The number of thiazole rings is 1. The number of halogens is 1. The molecule has 1 amide bonds. The maximum Gasteiger partial charge on any atom is 0.267 e. The standard InChI is InChI=1S/C22H23FN4O3S2/c1-2-26-11-13-27(14-12-26)32(29,30)17-9-7-16(8-10-17)25-21(28)20-15-24-22(31-20)18-5-3-4-6-19(18)23/h3-10,15H,2,11-14H2,1H3,(H,25,28). The van der Waals surface area contributed by atoms with Crippen LogP contribution in [-0.4, -0.2) is 61.2 Å². The van der Waals surface area contributed by atoms with E-state index in [0.717, 1.165) is 17.9 Å². The first-order valence-electron chi connectivity index (χ1n) is 10.2. The van der Waals surface area contributed by atoms with Gasteiger partial charge in [0.05, 0.1) is 11.1 Å². The predicted molar refractivity (Wildman–Crippen MR) is 123 cm³/mol. The minimum absolute atomic E-state index is 0.195. The van der Waals surface area contributed by atoms with Gasteiger partial charge in [-0.1, -0.05) is 19.1 Å². The first-order valence-corrected chi connectivity index (χ1v) is 12.5. The summed E-state index contributed by atoms with van der Waals surface area (Å²) in [6.07, 6.45) is 1.40. The molecule has 1 aliphatic rings. The summed E-state index contributed by atoms with van der Waals surface area (Å²) in [6.45, 7) is 5.32. The van der Waals surface area contributed by atoms with Crippen LogP contribution in [0.5, 0.6) is 0 Å². The van der Waals surface area contributed by atoms with Crippen LogP contribution in [0.25, 0.3) is 10.6 Å². The number of amides is 1. The smallest absolute Gasteiger partial charge is 0.267 e. The van der Waals surface area contributed by atoms with Gasteiger partial charge in [0.1, 0.15) is 15.7 Å². The van der Waals surface area contributed by atoms with Gasteiger partial charge in [0, 0.05) is 37.4 Å². The number of carbonyl (C=O) groups is 1. The summed E-state index contributed by atoms with van der Waals surface area (Å²) in [4.78, 5) is 19.4. The Bertz CT molecular complexity index is 1200. The van der Waals surface area contributed by atoms with Crippen molar-refractivity contribution in [2.45, 2.75) is 11.8 Å². The zero-order chi connectivity index (χ0) is 22.7. The molecule has 0 unspecified atom stereocenters. The maximum atomic E-state index is 13.9. The van der Waals surface area contributed by atoms with Crippen molar-refractivity contribution in [2.75, 3.05) is 38.0 Å². The number of hydrogen-bond acceptors (Lipinski definition) is 6. The van der Waals surface area contributed by atoms with E-state index in [2.05, 4.69) is 22.1 Å². The van der Waals surface area contributed by atoms with E-state index in [1.807, 2.05) is 0 Å².